The van der Waals surface area contributed by atoms with E-state index < -0.39 is 20.9 Å². The highest BCUT2D eigenvalue weighted by Gasteiger charge is 2.22. The number of hydrogen-bond acceptors (Lipinski definition) is 5. The second kappa shape index (κ2) is 6.32. The quantitative estimate of drug-likeness (QED) is 0.413. The number of phenols is 1. The molecule has 0 atom stereocenters. The average molecular weight is 372 g/mol. The van der Waals surface area contributed by atoms with Crippen LogP contribution >= 0.6 is 0 Å². The molecular weight excluding hydrogens is 356 g/mol. The molecule has 0 saturated carbocycles. The largest absolute Gasteiger partial charge is 0.507 e. The van der Waals surface area contributed by atoms with Crippen LogP contribution in [-0.2, 0) is 10.1 Å². The molecule has 8 heteroatoms. The van der Waals surface area contributed by atoms with E-state index in [2.05, 4.69) is 5.32 Å². The van der Waals surface area contributed by atoms with Crippen molar-refractivity contribution in [2.24, 2.45) is 0 Å². The van der Waals surface area contributed by atoms with Gasteiger partial charge >= 0.3 is 0 Å². The molecule has 0 aliphatic heterocycles. The predicted molar refractivity (Wildman–Crippen MR) is 99.0 cm³/mol. The zero-order chi connectivity index (χ0) is 19.1. The third kappa shape index (κ3) is 3.19. The van der Waals surface area contributed by atoms with Crippen LogP contribution in [0.3, 0.4) is 0 Å². The van der Waals surface area contributed by atoms with Crippen molar-refractivity contribution < 1.29 is 22.9 Å². The van der Waals surface area contributed by atoms with Crippen LogP contribution in [0.5, 0.6) is 5.75 Å². The number of anilines is 2. The van der Waals surface area contributed by atoms with Crippen molar-refractivity contribution in [1.29, 1.82) is 0 Å². The van der Waals surface area contributed by atoms with Gasteiger partial charge in [0.2, 0.25) is 0 Å². The van der Waals surface area contributed by atoms with Gasteiger partial charge in [0.15, 0.2) is 0 Å². The first kappa shape index (κ1) is 17.7. The number of nitrogen functional groups attached to an aromatic ring is 1. The van der Waals surface area contributed by atoms with Crippen LogP contribution in [0.2, 0.25) is 0 Å². The maximum atomic E-state index is 12.6. The summed E-state index contributed by atoms with van der Waals surface area (Å²) in [7, 11) is -4.68. The number of carbonyl (C=O) groups is 1. The highest BCUT2D eigenvalue weighted by Crippen LogP contribution is 2.35. The van der Waals surface area contributed by atoms with E-state index in [4.69, 9.17) is 5.73 Å². The van der Waals surface area contributed by atoms with E-state index in [-0.39, 0.29) is 33.5 Å². The zero-order valence-electron chi connectivity index (χ0n) is 13.7. The second-order valence-electron chi connectivity index (χ2n) is 5.83. The zero-order valence-corrected chi connectivity index (χ0v) is 14.5. The number of aromatic hydroxyl groups is 1. The molecule has 0 unspecified atom stereocenters. The summed E-state index contributed by atoms with van der Waals surface area (Å²) in [6, 6.07) is 11.9. The molecule has 0 fully saturated rings. The summed E-state index contributed by atoms with van der Waals surface area (Å²) in [5.41, 5.74) is 6.93. The molecule has 0 saturated heterocycles. The lowest BCUT2D eigenvalue weighted by molar-refractivity contribution is 0.102. The van der Waals surface area contributed by atoms with Crippen molar-refractivity contribution in [2.75, 3.05) is 11.1 Å². The molecule has 26 heavy (non-hydrogen) atoms. The van der Waals surface area contributed by atoms with Gasteiger partial charge in [-0.2, -0.15) is 8.42 Å². The van der Waals surface area contributed by atoms with Crippen molar-refractivity contribution in [3.8, 4) is 5.75 Å². The first-order valence-corrected chi connectivity index (χ1v) is 9.02. The number of fused-ring (bicyclic) bond motifs is 1. The average Bonchev–Trinajstić information content (AvgIpc) is 2.55. The van der Waals surface area contributed by atoms with E-state index in [1.165, 1.54) is 30.3 Å². The van der Waals surface area contributed by atoms with E-state index in [1.54, 1.807) is 25.1 Å². The third-order valence-corrected chi connectivity index (χ3v) is 4.90. The van der Waals surface area contributed by atoms with Crippen LogP contribution < -0.4 is 11.1 Å². The number of rotatable bonds is 3. The van der Waals surface area contributed by atoms with Gasteiger partial charge in [0.25, 0.3) is 16.0 Å². The lowest BCUT2D eigenvalue weighted by Crippen LogP contribution is -2.16. The fourth-order valence-corrected chi connectivity index (χ4v) is 3.60. The number of nitrogens with two attached hydrogens (primary N) is 1. The summed E-state index contributed by atoms with van der Waals surface area (Å²) in [6.45, 7) is 1.79. The summed E-state index contributed by atoms with van der Waals surface area (Å²) in [5, 5.41) is 12.7. The topological polar surface area (TPSA) is 130 Å². The number of aryl methyl sites for hydroxylation is 1. The Morgan fingerprint density at radius 1 is 1.08 bits per heavy atom. The maximum absolute atomic E-state index is 12.6. The fourth-order valence-electron chi connectivity index (χ4n) is 2.75. The van der Waals surface area contributed by atoms with Gasteiger partial charge in [-0.1, -0.05) is 23.8 Å². The van der Waals surface area contributed by atoms with E-state index in [9.17, 15) is 22.9 Å². The van der Waals surface area contributed by atoms with E-state index >= 15 is 0 Å². The highest BCUT2D eigenvalue weighted by atomic mass is 32.2. The van der Waals surface area contributed by atoms with Crippen LogP contribution in [0.25, 0.3) is 10.8 Å². The van der Waals surface area contributed by atoms with Crippen LogP contribution in [0.1, 0.15) is 15.9 Å². The monoisotopic (exact) mass is 372 g/mol. The molecule has 0 spiro atoms. The van der Waals surface area contributed by atoms with Gasteiger partial charge in [-0.3, -0.25) is 9.35 Å². The molecule has 3 aromatic carbocycles. The van der Waals surface area contributed by atoms with Crippen LogP contribution in [0, 0.1) is 6.92 Å². The van der Waals surface area contributed by atoms with E-state index in [0.717, 1.165) is 5.56 Å². The van der Waals surface area contributed by atoms with Crippen LogP contribution in [0.4, 0.5) is 11.4 Å². The molecule has 0 aliphatic rings. The van der Waals surface area contributed by atoms with Gasteiger partial charge in [0.05, 0.1) is 11.3 Å². The molecule has 0 radical (unpaired) electrons. The van der Waals surface area contributed by atoms with Crippen LogP contribution in [-0.4, -0.2) is 24.0 Å². The normalized spacial score (nSPS) is 11.5. The van der Waals surface area contributed by atoms with Crippen molar-refractivity contribution in [3.63, 3.8) is 0 Å². The summed E-state index contributed by atoms with van der Waals surface area (Å²) in [4.78, 5) is 12.1. The fraction of sp³-hybridized carbons (Fsp3) is 0.0556. The smallest absolute Gasteiger partial charge is 0.297 e. The summed E-state index contributed by atoms with van der Waals surface area (Å²) in [6.07, 6.45) is 0. The number of phenolic OH excluding ortho intramolecular Hbond substituents is 1. The Labute approximate surface area is 149 Å². The first-order valence-electron chi connectivity index (χ1n) is 7.58. The molecule has 7 nitrogen and oxygen atoms in total. The molecule has 5 N–H and O–H groups in total. The van der Waals surface area contributed by atoms with Gasteiger partial charge in [-0.15, -0.1) is 0 Å². The van der Waals surface area contributed by atoms with E-state index in [0.29, 0.717) is 0 Å². The van der Waals surface area contributed by atoms with Crippen molar-refractivity contribution in [1.82, 2.24) is 0 Å². The lowest BCUT2D eigenvalue weighted by Gasteiger charge is -2.14. The number of benzene rings is 3. The number of amides is 1. The van der Waals surface area contributed by atoms with Gasteiger partial charge in [0, 0.05) is 16.5 Å². The molecule has 3 rings (SSSR count). The first-order chi connectivity index (χ1) is 12.2. The standard InChI is InChI=1S/C18H16N2O5S/c1-10-5-7-14(19)13(9-10)18(22)20-15-8-6-11-12(3-2-4-16(11)21)17(15)26(23,24)25/h2-9,21H,19H2,1H3,(H,20,22)(H,23,24,25). The van der Waals surface area contributed by atoms with Crippen molar-refractivity contribution in [2.45, 2.75) is 11.8 Å². The summed E-state index contributed by atoms with van der Waals surface area (Å²) in [5.74, 6) is -0.760. The van der Waals surface area contributed by atoms with Crippen LogP contribution in [0.15, 0.2) is 53.4 Å². The molecule has 0 heterocycles. The molecule has 3 aromatic rings. The maximum Gasteiger partial charge on any atom is 0.297 e. The number of carbonyl (C=O) groups excluding carboxylic acids is 1. The Hall–Kier alpha value is -3.10. The minimum Gasteiger partial charge on any atom is -0.507 e. The molecule has 0 aliphatic carbocycles. The Morgan fingerprint density at radius 2 is 1.81 bits per heavy atom. The molecule has 134 valence electrons. The predicted octanol–water partition coefficient (Wildman–Crippen LogP) is 2.94. The number of nitrogens with one attached hydrogen (secondary N) is 1. The second-order valence-corrected chi connectivity index (χ2v) is 7.19. The molecular formula is C18H16N2O5S. The Morgan fingerprint density at radius 3 is 2.50 bits per heavy atom. The Balaban J connectivity index is 2.16. The van der Waals surface area contributed by atoms with Gasteiger partial charge in [-0.25, -0.2) is 0 Å². The Kier molecular flexibility index (Phi) is 4.31. The van der Waals surface area contributed by atoms with Gasteiger partial charge in [0.1, 0.15) is 10.6 Å². The highest BCUT2D eigenvalue weighted by molar-refractivity contribution is 7.86. The lowest BCUT2D eigenvalue weighted by atomic mass is 10.1. The molecule has 1 amide bonds. The van der Waals surface area contributed by atoms with Gasteiger partial charge < -0.3 is 16.2 Å². The minimum atomic E-state index is -4.68. The summed E-state index contributed by atoms with van der Waals surface area (Å²) >= 11 is 0. The third-order valence-electron chi connectivity index (χ3n) is 3.95. The molecule has 0 bridgehead atoms. The van der Waals surface area contributed by atoms with Crippen molar-refractivity contribution >= 4 is 38.2 Å². The number of hydrogen-bond donors (Lipinski definition) is 4. The SMILES string of the molecule is Cc1ccc(N)c(C(=O)Nc2ccc3c(O)cccc3c2S(=O)(=O)O)c1. The Bertz CT molecular complexity index is 1140. The summed E-state index contributed by atoms with van der Waals surface area (Å²) < 4.78 is 33.5. The minimum absolute atomic E-state index is 0.0857. The molecule has 0 aromatic heterocycles. The van der Waals surface area contributed by atoms with E-state index in [1.807, 2.05) is 0 Å². The van der Waals surface area contributed by atoms with Gasteiger partial charge in [-0.05, 0) is 37.3 Å². The van der Waals surface area contributed by atoms with Crippen molar-refractivity contribution in [3.05, 3.63) is 59.7 Å².